The first-order valence-electron chi connectivity index (χ1n) is 6.67. The lowest BCUT2D eigenvalue weighted by Crippen LogP contribution is -1.91. The van der Waals surface area contributed by atoms with E-state index in [2.05, 4.69) is 31.9 Å². The van der Waals surface area contributed by atoms with Gasteiger partial charge in [-0.15, -0.1) is 0 Å². The van der Waals surface area contributed by atoms with Crippen LogP contribution < -0.4 is 9.47 Å². The zero-order valence-electron chi connectivity index (χ0n) is 11.5. The molecule has 3 rings (SSSR count). The Bertz CT molecular complexity index is 692. The Hall–Kier alpha value is -1.78. The predicted molar refractivity (Wildman–Crippen MR) is 94.9 cm³/mol. The number of rotatable bonds is 4. The molecule has 0 fully saturated rings. The summed E-state index contributed by atoms with van der Waals surface area (Å²) in [6.07, 6.45) is 0. The van der Waals surface area contributed by atoms with Crippen LogP contribution in [0.3, 0.4) is 0 Å². The zero-order chi connectivity index (χ0) is 15.4. The summed E-state index contributed by atoms with van der Waals surface area (Å²) in [7, 11) is 0. The van der Waals surface area contributed by atoms with Crippen molar-refractivity contribution in [3.8, 4) is 23.0 Å². The Morgan fingerprint density at radius 1 is 0.545 bits per heavy atom. The molecule has 0 amide bonds. The molecule has 0 atom stereocenters. The highest BCUT2D eigenvalue weighted by Gasteiger charge is 2.11. The van der Waals surface area contributed by atoms with Crippen molar-refractivity contribution < 1.29 is 9.47 Å². The van der Waals surface area contributed by atoms with Gasteiger partial charge in [0.25, 0.3) is 0 Å². The van der Waals surface area contributed by atoms with Crippen LogP contribution in [0.4, 0.5) is 0 Å². The molecule has 0 saturated carbocycles. The highest BCUT2D eigenvalue weighted by Crippen LogP contribution is 2.40. The number of para-hydroxylation sites is 2. The van der Waals surface area contributed by atoms with Crippen LogP contribution in [-0.4, -0.2) is 0 Å². The molecule has 0 heterocycles. The summed E-state index contributed by atoms with van der Waals surface area (Å²) in [5.41, 5.74) is 0. The molecule has 0 aliphatic carbocycles. The summed E-state index contributed by atoms with van der Waals surface area (Å²) >= 11 is 6.99. The molecule has 0 bridgehead atoms. The quantitative estimate of drug-likeness (QED) is 0.463. The van der Waals surface area contributed by atoms with E-state index in [0.29, 0.717) is 11.5 Å². The van der Waals surface area contributed by atoms with Crippen LogP contribution in [0, 0.1) is 0 Å². The minimum absolute atomic E-state index is 0.644. The summed E-state index contributed by atoms with van der Waals surface area (Å²) < 4.78 is 13.7. The predicted octanol–water partition coefficient (Wildman–Crippen LogP) is 6.80. The SMILES string of the molecule is Brc1cc(Oc2ccccc2)c(Oc2ccccc2)cc1Br. The Morgan fingerprint density at radius 2 is 0.909 bits per heavy atom. The van der Waals surface area contributed by atoms with Gasteiger partial charge >= 0.3 is 0 Å². The van der Waals surface area contributed by atoms with Gasteiger partial charge in [-0.05, 0) is 56.1 Å². The standard InChI is InChI=1S/C18H12Br2O2/c19-15-11-17(21-13-7-3-1-4-8-13)18(12-16(15)20)22-14-9-5-2-6-10-14/h1-12H. The van der Waals surface area contributed by atoms with Gasteiger partial charge in [0.05, 0.1) is 0 Å². The minimum Gasteiger partial charge on any atom is -0.453 e. The van der Waals surface area contributed by atoms with E-state index in [1.54, 1.807) is 0 Å². The number of hydrogen-bond acceptors (Lipinski definition) is 2. The fraction of sp³-hybridized carbons (Fsp3) is 0. The highest BCUT2D eigenvalue weighted by atomic mass is 79.9. The van der Waals surface area contributed by atoms with Crippen molar-refractivity contribution in [3.63, 3.8) is 0 Å². The van der Waals surface area contributed by atoms with Gasteiger partial charge in [-0.25, -0.2) is 0 Å². The molecule has 22 heavy (non-hydrogen) atoms. The van der Waals surface area contributed by atoms with Gasteiger partial charge in [0.15, 0.2) is 11.5 Å². The third-order valence-corrected chi connectivity index (χ3v) is 4.77. The first-order chi connectivity index (χ1) is 10.7. The third kappa shape index (κ3) is 3.70. The summed E-state index contributed by atoms with van der Waals surface area (Å²) in [5.74, 6) is 2.81. The second-order valence-corrected chi connectivity index (χ2v) is 6.25. The second kappa shape index (κ2) is 6.99. The van der Waals surface area contributed by atoms with Crippen molar-refractivity contribution in [2.24, 2.45) is 0 Å². The van der Waals surface area contributed by atoms with Crippen LogP contribution in [0.2, 0.25) is 0 Å². The number of hydrogen-bond donors (Lipinski definition) is 0. The molecule has 3 aromatic carbocycles. The fourth-order valence-electron chi connectivity index (χ4n) is 1.90. The van der Waals surface area contributed by atoms with Gasteiger partial charge in [0, 0.05) is 21.1 Å². The lowest BCUT2D eigenvalue weighted by Gasteiger charge is -2.13. The smallest absolute Gasteiger partial charge is 0.171 e. The summed E-state index contributed by atoms with van der Waals surface area (Å²) in [6.45, 7) is 0. The molecule has 0 spiro atoms. The van der Waals surface area contributed by atoms with Crippen molar-refractivity contribution in [1.29, 1.82) is 0 Å². The van der Waals surface area contributed by atoms with Crippen LogP contribution in [0.25, 0.3) is 0 Å². The second-order valence-electron chi connectivity index (χ2n) is 4.54. The van der Waals surface area contributed by atoms with E-state index in [1.807, 2.05) is 72.8 Å². The van der Waals surface area contributed by atoms with Gasteiger partial charge in [-0.3, -0.25) is 0 Å². The van der Waals surface area contributed by atoms with Gasteiger partial charge < -0.3 is 9.47 Å². The third-order valence-electron chi connectivity index (χ3n) is 2.93. The Labute approximate surface area is 146 Å². The van der Waals surface area contributed by atoms with Crippen molar-refractivity contribution in [3.05, 3.63) is 81.7 Å². The molecule has 0 unspecified atom stereocenters. The zero-order valence-corrected chi connectivity index (χ0v) is 14.7. The Balaban J connectivity index is 1.95. The van der Waals surface area contributed by atoms with Gasteiger partial charge in [-0.2, -0.15) is 0 Å². The molecule has 3 aromatic rings. The maximum Gasteiger partial charge on any atom is 0.171 e. The van der Waals surface area contributed by atoms with Gasteiger partial charge in [-0.1, -0.05) is 36.4 Å². The van der Waals surface area contributed by atoms with E-state index >= 15 is 0 Å². The van der Waals surface area contributed by atoms with Crippen molar-refractivity contribution in [1.82, 2.24) is 0 Å². The van der Waals surface area contributed by atoms with Crippen LogP contribution in [0.1, 0.15) is 0 Å². The largest absolute Gasteiger partial charge is 0.453 e. The van der Waals surface area contributed by atoms with Gasteiger partial charge in [0.2, 0.25) is 0 Å². The van der Waals surface area contributed by atoms with E-state index < -0.39 is 0 Å². The molecule has 4 heteroatoms. The van der Waals surface area contributed by atoms with Crippen molar-refractivity contribution in [2.75, 3.05) is 0 Å². The molecule has 0 aliphatic heterocycles. The Morgan fingerprint density at radius 3 is 1.27 bits per heavy atom. The average molecular weight is 420 g/mol. The maximum absolute atomic E-state index is 5.94. The van der Waals surface area contributed by atoms with Crippen LogP contribution in [0.5, 0.6) is 23.0 Å². The van der Waals surface area contributed by atoms with E-state index in [-0.39, 0.29) is 0 Å². The molecular weight excluding hydrogens is 408 g/mol. The van der Waals surface area contributed by atoms with E-state index in [0.717, 1.165) is 20.4 Å². The highest BCUT2D eigenvalue weighted by molar-refractivity contribution is 9.13. The minimum atomic E-state index is 0.644. The van der Waals surface area contributed by atoms with E-state index in [4.69, 9.17) is 9.47 Å². The number of ether oxygens (including phenoxy) is 2. The summed E-state index contributed by atoms with van der Waals surface area (Å²) in [4.78, 5) is 0. The first-order valence-corrected chi connectivity index (χ1v) is 8.26. The van der Waals surface area contributed by atoms with Crippen molar-refractivity contribution >= 4 is 31.9 Å². The first kappa shape index (κ1) is 15.1. The summed E-state index contributed by atoms with van der Waals surface area (Å²) in [6, 6.07) is 23.0. The molecule has 0 N–H and O–H groups in total. The van der Waals surface area contributed by atoms with Crippen molar-refractivity contribution in [2.45, 2.75) is 0 Å². The fourth-order valence-corrected chi connectivity index (χ4v) is 2.55. The van der Waals surface area contributed by atoms with E-state index in [1.165, 1.54) is 0 Å². The molecule has 0 aromatic heterocycles. The summed E-state index contributed by atoms with van der Waals surface area (Å²) in [5, 5.41) is 0. The van der Waals surface area contributed by atoms with E-state index in [9.17, 15) is 0 Å². The number of halogens is 2. The maximum atomic E-state index is 5.94. The average Bonchev–Trinajstić information content (AvgIpc) is 2.54. The molecule has 0 aliphatic rings. The lowest BCUT2D eigenvalue weighted by atomic mass is 10.3. The Kier molecular flexibility index (Phi) is 4.80. The topological polar surface area (TPSA) is 18.5 Å². The molecule has 110 valence electrons. The van der Waals surface area contributed by atoms with Crippen LogP contribution in [-0.2, 0) is 0 Å². The molecule has 0 radical (unpaired) electrons. The molecule has 2 nitrogen and oxygen atoms in total. The lowest BCUT2D eigenvalue weighted by molar-refractivity contribution is 0.418. The van der Waals surface area contributed by atoms with Crippen LogP contribution in [0.15, 0.2) is 81.7 Å². The van der Waals surface area contributed by atoms with Crippen LogP contribution >= 0.6 is 31.9 Å². The normalized spacial score (nSPS) is 10.3. The number of benzene rings is 3. The molecular formula is C18H12Br2O2. The molecule has 0 saturated heterocycles. The monoisotopic (exact) mass is 418 g/mol. The van der Waals surface area contributed by atoms with Gasteiger partial charge in [0.1, 0.15) is 11.5 Å².